The highest BCUT2D eigenvalue weighted by Gasteiger charge is 2.17. The summed E-state index contributed by atoms with van der Waals surface area (Å²) in [6, 6.07) is 5.40. The number of benzene rings is 1. The van der Waals surface area contributed by atoms with Crippen molar-refractivity contribution in [1.82, 2.24) is 0 Å². The second-order valence-corrected chi connectivity index (χ2v) is 5.47. The van der Waals surface area contributed by atoms with E-state index in [0.29, 0.717) is 10.7 Å². The Morgan fingerprint density at radius 3 is 2.48 bits per heavy atom. The fraction of sp³-hybridized carbons (Fsp3) is 0.375. The Hall–Kier alpha value is -2.21. The molecular weight excluding hydrogens is 320 g/mol. The van der Waals surface area contributed by atoms with Crippen LogP contribution in [0.4, 0.5) is 11.4 Å². The van der Waals surface area contributed by atoms with Gasteiger partial charge in [0, 0.05) is 18.8 Å². The summed E-state index contributed by atoms with van der Waals surface area (Å²) in [7, 11) is 2.47. The number of esters is 2. The molecule has 1 fully saturated rings. The van der Waals surface area contributed by atoms with E-state index in [4.69, 9.17) is 11.6 Å². The Kier molecular flexibility index (Phi) is 5.87. The van der Waals surface area contributed by atoms with Crippen LogP contribution >= 0.6 is 11.6 Å². The number of ether oxygens (including phenoxy) is 2. The Labute approximate surface area is 140 Å². The van der Waals surface area contributed by atoms with Crippen LogP contribution in [0.5, 0.6) is 0 Å². The lowest BCUT2D eigenvalue weighted by atomic mass is 10.2. The van der Waals surface area contributed by atoms with E-state index in [1.807, 2.05) is 6.07 Å². The summed E-state index contributed by atoms with van der Waals surface area (Å²) in [6.07, 6.45) is 3.35. The lowest BCUT2D eigenvalue weighted by Gasteiger charge is -2.20. The molecule has 1 aromatic rings. The first kappa shape index (κ1) is 17.1. The highest BCUT2D eigenvalue weighted by atomic mass is 35.5. The molecule has 23 heavy (non-hydrogen) atoms. The Bertz CT molecular complexity index is 625. The van der Waals surface area contributed by atoms with Crippen molar-refractivity contribution in [3.63, 3.8) is 0 Å². The normalized spacial score (nSPS) is 14.6. The lowest BCUT2D eigenvalue weighted by molar-refractivity contribution is -0.138. The predicted octanol–water partition coefficient (Wildman–Crippen LogP) is 2.58. The van der Waals surface area contributed by atoms with E-state index in [0.717, 1.165) is 37.7 Å². The van der Waals surface area contributed by atoms with Crippen molar-refractivity contribution in [3.8, 4) is 0 Å². The summed E-state index contributed by atoms with van der Waals surface area (Å²) in [5.41, 5.74) is 1.52. The first-order valence-electron chi connectivity index (χ1n) is 7.24. The van der Waals surface area contributed by atoms with Crippen LogP contribution < -0.4 is 10.2 Å². The van der Waals surface area contributed by atoms with E-state index in [-0.39, 0.29) is 5.70 Å². The number of methoxy groups -OCH3 is 2. The van der Waals surface area contributed by atoms with Crippen molar-refractivity contribution in [2.75, 3.05) is 37.5 Å². The number of rotatable bonds is 5. The average Bonchev–Trinajstić information content (AvgIpc) is 3.07. The van der Waals surface area contributed by atoms with E-state index in [1.165, 1.54) is 14.2 Å². The molecule has 0 amide bonds. The maximum Gasteiger partial charge on any atom is 0.354 e. The number of nitrogens with zero attached hydrogens (tertiary/aromatic N) is 1. The molecule has 7 heteroatoms. The zero-order chi connectivity index (χ0) is 16.8. The number of halogens is 1. The molecule has 1 N–H and O–H groups in total. The van der Waals surface area contributed by atoms with Crippen LogP contribution in [0.15, 0.2) is 30.0 Å². The predicted molar refractivity (Wildman–Crippen MR) is 88.6 cm³/mol. The van der Waals surface area contributed by atoms with Gasteiger partial charge >= 0.3 is 11.9 Å². The Morgan fingerprint density at radius 1 is 1.22 bits per heavy atom. The molecule has 0 radical (unpaired) electrons. The monoisotopic (exact) mass is 338 g/mol. The van der Waals surface area contributed by atoms with E-state index in [1.54, 1.807) is 12.1 Å². The summed E-state index contributed by atoms with van der Waals surface area (Å²) >= 11 is 6.33. The SMILES string of the molecule is COC(=O)/C=C(/Nc1ccc(N2CCCC2)c(Cl)c1)C(=O)OC. The molecule has 0 unspecified atom stereocenters. The standard InChI is InChI=1S/C16H19ClN2O4/c1-22-15(20)10-13(16(21)23-2)18-11-5-6-14(12(17)9-11)19-7-3-4-8-19/h5-6,9-10,18H,3-4,7-8H2,1-2H3/b13-10+. The molecule has 6 nitrogen and oxygen atoms in total. The first-order chi connectivity index (χ1) is 11.0. The first-order valence-corrected chi connectivity index (χ1v) is 7.62. The minimum absolute atomic E-state index is 0.0238. The van der Waals surface area contributed by atoms with Gasteiger partial charge in [-0.1, -0.05) is 11.6 Å². The molecule has 2 rings (SSSR count). The van der Waals surface area contributed by atoms with Crippen LogP contribution in [0, 0.1) is 0 Å². The van der Waals surface area contributed by atoms with Gasteiger partial charge in [-0.05, 0) is 31.0 Å². The summed E-state index contributed by atoms with van der Waals surface area (Å²) in [4.78, 5) is 25.3. The minimum atomic E-state index is -0.671. The number of carbonyl (C=O) groups is 2. The molecule has 0 aliphatic carbocycles. The number of anilines is 2. The van der Waals surface area contributed by atoms with E-state index < -0.39 is 11.9 Å². The summed E-state index contributed by atoms with van der Waals surface area (Å²) < 4.78 is 9.17. The van der Waals surface area contributed by atoms with Gasteiger partial charge in [0.2, 0.25) is 0 Å². The lowest BCUT2D eigenvalue weighted by Crippen LogP contribution is -2.18. The summed E-state index contributed by atoms with van der Waals surface area (Å²) in [5.74, 6) is -1.33. The van der Waals surface area contributed by atoms with Gasteiger partial charge in [-0.15, -0.1) is 0 Å². The molecule has 0 saturated carbocycles. The van der Waals surface area contributed by atoms with Gasteiger partial charge in [-0.3, -0.25) is 0 Å². The molecule has 1 saturated heterocycles. The van der Waals surface area contributed by atoms with Crippen LogP contribution in [-0.4, -0.2) is 39.2 Å². The quantitative estimate of drug-likeness (QED) is 0.657. The molecule has 124 valence electrons. The molecule has 0 atom stereocenters. The van der Waals surface area contributed by atoms with E-state index in [2.05, 4.69) is 19.7 Å². The van der Waals surface area contributed by atoms with Crippen LogP contribution in [0.2, 0.25) is 5.02 Å². The maximum atomic E-state index is 11.7. The zero-order valence-electron chi connectivity index (χ0n) is 13.1. The zero-order valence-corrected chi connectivity index (χ0v) is 13.9. The molecule has 1 heterocycles. The highest BCUT2D eigenvalue weighted by molar-refractivity contribution is 6.33. The fourth-order valence-corrected chi connectivity index (χ4v) is 2.69. The van der Waals surface area contributed by atoms with Gasteiger partial charge in [-0.2, -0.15) is 0 Å². The fourth-order valence-electron chi connectivity index (χ4n) is 2.39. The van der Waals surface area contributed by atoms with Crippen molar-refractivity contribution < 1.29 is 19.1 Å². The highest BCUT2D eigenvalue weighted by Crippen LogP contribution is 2.31. The van der Waals surface area contributed by atoms with Crippen LogP contribution in [0.25, 0.3) is 0 Å². The van der Waals surface area contributed by atoms with Crippen molar-refractivity contribution in [2.24, 2.45) is 0 Å². The third-order valence-corrected chi connectivity index (χ3v) is 3.84. The summed E-state index contributed by atoms with van der Waals surface area (Å²) in [6.45, 7) is 1.98. The van der Waals surface area contributed by atoms with Crippen LogP contribution in [0.3, 0.4) is 0 Å². The third kappa shape index (κ3) is 4.39. The summed E-state index contributed by atoms with van der Waals surface area (Å²) in [5, 5.41) is 3.42. The van der Waals surface area contributed by atoms with Gasteiger partial charge in [0.15, 0.2) is 0 Å². The van der Waals surface area contributed by atoms with Gasteiger partial charge in [0.05, 0.1) is 31.0 Å². The average molecular weight is 339 g/mol. The molecule has 1 aliphatic heterocycles. The molecule has 0 bridgehead atoms. The number of carbonyl (C=O) groups excluding carboxylic acids is 2. The van der Waals surface area contributed by atoms with Gasteiger partial charge in [-0.25, -0.2) is 9.59 Å². The van der Waals surface area contributed by atoms with Crippen LogP contribution in [0.1, 0.15) is 12.8 Å². The van der Waals surface area contributed by atoms with Crippen molar-refractivity contribution >= 4 is 34.9 Å². The molecular formula is C16H19ClN2O4. The number of hydrogen-bond acceptors (Lipinski definition) is 6. The smallest absolute Gasteiger partial charge is 0.354 e. The van der Waals surface area contributed by atoms with E-state index in [9.17, 15) is 9.59 Å². The van der Waals surface area contributed by atoms with E-state index >= 15 is 0 Å². The minimum Gasteiger partial charge on any atom is -0.466 e. The topological polar surface area (TPSA) is 67.9 Å². The van der Waals surface area contributed by atoms with Crippen LogP contribution in [-0.2, 0) is 19.1 Å². The van der Waals surface area contributed by atoms with Gasteiger partial charge < -0.3 is 19.7 Å². The van der Waals surface area contributed by atoms with Crippen molar-refractivity contribution in [3.05, 3.63) is 35.0 Å². The third-order valence-electron chi connectivity index (χ3n) is 3.54. The Morgan fingerprint density at radius 2 is 1.91 bits per heavy atom. The second-order valence-electron chi connectivity index (χ2n) is 5.06. The van der Waals surface area contributed by atoms with Crippen molar-refractivity contribution in [1.29, 1.82) is 0 Å². The molecule has 0 spiro atoms. The largest absolute Gasteiger partial charge is 0.466 e. The number of hydrogen-bond donors (Lipinski definition) is 1. The van der Waals surface area contributed by atoms with Crippen molar-refractivity contribution in [2.45, 2.75) is 12.8 Å². The second kappa shape index (κ2) is 7.87. The molecule has 0 aromatic heterocycles. The molecule has 1 aromatic carbocycles. The van der Waals surface area contributed by atoms with Gasteiger partial charge in [0.25, 0.3) is 0 Å². The molecule has 1 aliphatic rings. The Balaban J connectivity index is 2.20. The van der Waals surface area contributed by atoms with Gasteiger partial charge in [0.1, 0.15) is 5.70 Å². The maximum absolute atomic E-state index is 11.7. The number of nitrogens with one attached hydrogen (secondary N) is 1.